The summed E-state index contributed by atoms with van der Waals surface area (Å²) in [5, 5.41) is 0. The molecule has 2 aromatic carbocycles. The van der Waals surface area contributed by atoms with E-state index in [0.29, 0.717) is 24.7 Å². The molecule has 0 saturated heterocycles. The van der Waals surface area contributed by atoms with Crippen molar-refractivity contribution in [2.24, 2.45) is 0 Å². The Balaban J connectivity index is 1.81. The number of rotatable bonds is 5. The maximum atomic E-state index is 5.91. The second-order valence-corrected chi connectivity index (χ2v) is 4.25. The number of hydrogen-bond acceptors (Lipinski definition) is 4. The van der Waals surface area contributed by atoms with Gasteiger partial charge in [-0.25, -0.2) is 0 Å². The summed E-state index contributed by atoms with van der Waals surface area (Å²) in [6.07, 6.45) is 0. The molecule has 4 nitrogen and oxygen atoms in total. The van der Waals surface area contributed by atoms with Gasteiger partial charge in [-0.2, -0.15) is 0 Å². The molecule has 19 heavy (non-hydrogen) atoms. The number of aryl methyl sites for hydroxylation is 1. The van der Waals surface area contributed by atoms with Crippen LogP contribution in [0.1, 0.15) is 5.56 Å². The van der Waals surface area contributed by atoms with Crippen LogP contribution in [0.4, 0.5) is 11.4 Å². The molecule has 2 aromatic rings. The molecule has 0 aliphatic heterocycles. The molecule has 0 atom stereocenters. The van der Waals surface area contributed by atoms with Gasteiger partial charge in [-0.3, -0.25) is 0 Å². The standard InChI is InChI=1S/C15H18N2O2/c1-11-3-2-4-14(15(11)17)19-10-9-18-13-7-5-12(16)6-8-13/h2-8H,9-10,16-17H2,1H3. The highest BCUT2D eigenvalue weighted by molar-refractivity contribution is 5.57. The zero-order valence-corrected chi connectivity index (χ0v) is 10.9. The Kier molecular flexibility index (Phi) is 4.13. The molecule has 0 aliphatic carbocycles. The maximum Gasteiger partial charge on any atom is 0.142 e. The average Bonchev–Trinajstić information content (AvgIpc) is 2.41. The molecule has 0 saturated carbocycles. The Labute approximate surface area is 112 Å². The third-order valence-electron chi connectivity index (χ3n) is 2.77. The molecular formula is C15H18N2O2. The van der Waals surface area contributed by atoms with Crippen molar-refractivity contribution in [3.8, 4) is 11.5 Å². The number of nitrogen functional groups attached to an aromatic ring is 2. The molecule has 0 fully saturated rings. The molecule has 4 N–H and O–H groups in total. The summed E-state index contributed by atoms with van der Waals surface area (Å²) in [5.41, 5.74) is 13.9. The first-order chi connectivity index (χ1) is 9.16. The number of nitrogens with two attached hydrogens (primary N) is 2. The van der Waals surface area contributed by atoms with Crippen molar-refractivity contribution in [3.63, 3.8) is 0 Å². The van der Waals surface area contributed by atoms with Crippen molar-refractivity contribution in [3.05, 3.63) is 48.0 Å². The first-order valence-electron chi connectivity index (χ1n) is 6.13. The van der Waals surface area contributed by atoms with E-state index in [2.05, 4.69) is 0 Å². The van der Waals surface area contributed by atoms with E-state index in [9.17, 15) is 0 Å². The lowest BCUT2D eigenvalue weighted by Gasteiger charge is -2.11. The molecule has 100 valence electrons. The summed E-state index contributed by atoms with van der Waals surface area (Å²) in [6, 6.07) is 13.0. The fourth-order valence-corrected chi connectivity index (χ4v) is 1.65. The Morgan fingerprint density at radius 3 is 2.32 bits per heavy atom. The van der Waals surface area contributed by atoms with Crippen LogP contribution in [0.15, 0.2) is 42.5 Å². The van der Waals surface area contributed by atoms with Gasteiger partial charge in [0, 0.05) is 5.69 Å². The molecule has 2 rings (SSSR count). The molecule has 0 aliphatic rings. The van der Waals surface area contributed by atoms with Gasteiger partial charge in [0.05, 0.1) is 5.69 Å². The van der Waals surface area contributed by atoms with Gasteiger partial charge in [0.1, 0.15) is 24.7 Å². The van der Waals surface area contributed by atoms with Crippen molar-refractivity contribution in [1.29, 1.82) is 0 Å². The first-order valence-corrected chi connectivity index (χ1v) is 6.13. The van der Waals surface area contributed by atoms with E-state index in [1.165, 1.54) is 0 Å². The largest absolute Gasteiger partial charge is 0.490 e. The fraction of sp³-hybridized carbons (Fsp3) is 0.200. The zero-order valence-electron chi connectivity index (χ0n) is 10.9. The minimum atomic E-state index is 0.442. The van der Waals surface area contributed by atoms with Crippen molar-refractivity contribution in [2.75, 3.05) is 24.7 Å². The summed E-state index contributed by atoms with van der Waals surface area (Å²) in [6.45, 7) is 2.85. The minimum absolute atomic E-state index is 0.442. The van der Waals surface area contributed by atoms with Crippen molar-refractivity contribution in [1.82, 2.24) is 0 Å². The molecule has 0 bridgehead atoms. The van der Waals surface area contributed by atoms with Crippen molar-refractivity contribution in [2.45, 2.75) is 6.92 Å². The van der Waals surface area contributed by atoms with Crippen LogP contribution in [0.3, 0.4) is 0 Å². The number of ether oxygens (including phenoxy) is 2. The third-order valence-corrected chi connectivity index (χ3v) is 2.77. The van der Waals surface area contributed by atoms with Crippen LogP contribution in [-0.2, 0) is 0 Å². The normalized spacial score (nSPS) is 10.2. The van der Waals surface area contributed by atoms with Gasteiger partial charge in [-0.15, -0.1) is 0 Å². The van der Waals surface area contributed by atoms with E-state index in [1.54, 1.807) is 12.1 Å². The van der Waals surface area contributed by atoms with Crippen LogP contribution in [0.25, 0.3) is 0 Å². The third kappa shape index (κ3) is 3.55. The zero-order chi connectivity index (χ0) is 13.7. The first kappa shape index (κ1) is 13.1. The van der Waals surface area contributed by atoms with E-state index in [4.69, 9.17) is 20.9 Å². The summed E-state index contributed by atoms with van der Waals surface area (Å²) in [5.74, 6) is 1.47. The number of hydrogen-bond donors (Lipinski definition) is 2. The van der Waals surface area contributed by atoms with Crippen LogP contribution in [-0.4, -0.2) is 13.2 Å². The molecule has 0 aromatic heterocycles. The van der Waals surface area contributed by atoms with Crippen LogP contribution in [0.5, 0.6) is 11.5 Å². The lowest BCUT2D eigenvalue weighted by molar-refractivity contribution is 0.218. The number of para-hydroxylation sites is 1. The monoisotopic (exact) mass is 258 g/mol. The highest BCUT2D eigenvalue weighted by atomic mass is 16.5. The summed E-state index contributed by atoms with van der Waals surface area (Å²) in [4.78, 5) is 0. The molecule has 0 spiro atoms. The highest BCUT2D eigenvalue weighted by Gasteiger charge is 2.02. The predicted molar refractivity (Wildman–Crippen MR) is 77.4 cm³/mol. The lowest BCUT2D eigenvalue weighted by atomic mass is 10.2. The van der Waals surface area contributed by atoms with Gasteiger partial charge < -0.3 is 20.9 Å². The van der Waals surface area contributed by atoms with Gasteiger partial charge in [0.25, 0.3) is 0 Å². The smallest absolute Gasteiger partial charge is 0.142 e. The van der Waals surface area contributed by atoms with Crippen LogP contribution < -0.4 is 20.9 Å². The van der Waals surface area contributed by atoms with E-state index in [-0.39, 0.29) is 0 Å². The van der Waals surface area contributed by atoms with E-state index >= 15 is 0 Å². The highest BCUT2D eigenvalue weighted by Crippen LogP contribution is 2.24. The molecule has 0 radical (unpaired) electrons. The molecule has 0 heterocycles. The summed E-state index contributed by atoms with van der Waals surface area (Å²) >= 11 is 0. The van der Waals surface area contributed by atoms with Crippen molar-refractivity contribution < 1.29 is 9.47 Å². The summed E-state index contributed by atoms with van der Waals surface area (Å²) in [7, 11) is 0. The van der Waals surface area contributed by atoms with Gasteiger partial charge in [-0.05, 0) is 42.8 Å². The van der Waals surface area contributed by atoms with Crippen LogP contribution in [0.2, 0.25) is 0 Å². The van der Waals surface area contributed by atoms with Crippen LogP contribution in [0, 0.1) is 6.92 Å². The minimum Gasteiger partial charge on any atom is -0.490 e. The topological polar surface area (TPSA) is 70.5 Å². The average molecular weight is 258 g/mol. The van der Waals surface area contributed by atoms with Crippen molar-refractivity contribution >= 4 is 11.4 Å². The SMILES string of the molecule is Cc1cccc(OCCOc2ccc(N)cc2)c1N. The second kappa shape index (κ2) is 6.00. The molecule has 0 amide bonds. The Bertz CT molecular complexity index is 538. The van der Waals surface area contributed by atoms with Crippen LogP contribution >= 0.6 is 0 Å². The van der Waals surface area contributed by atoms with Gasteiger partial charge in [0.15, 0.2) is 0 Å². The quantitative estimate of drug-likeness (QED) is 0.639. The van der Waals surface area contributed by atoms with E-state index < -0.39 is 0 Å². The van der Waals surface area contributed by atoms with E-state index in [1.807, 2.05) is 37.3 Å². The number of anilines is 2. The Morgan fingerprint density at radius 1 is 0.895 bits per heavy atom. The fourth-order valence-electron chi connectivity index (χ4n) is 1.65. The second-order valence-electron chi connectivity index (χ2n) is 4.25. The molecule has 4 heteroatoms. The molecule has 0 unspecified atom stereocenters. The lowest BCUT2D eigenvalue weighted by Crippen LogP contribution is -2.10. The van der Waals surface area contributed by atoms with Gasteiger partial charge in [-0.1, -0.05) is 12.1 Å². The van der Waals surface area contributed by atoms with Gasteiger partial charge in [0.2, 0.25) is 0 Å². The summed E-state index contributed by atoms with van der Waals surface area (Å²) < 4.78 is 11.1. The predicted octanol–water partition coefficient (Wildman–Crippen LogP) is 2.62. The maximum absolute atomic E-state index is 5.91. The molecular weight excluding hydrogens is 240 g/mol. The van der Waals surface area contributed by atoms with E-state index in [0.717, 1.165) is 17.0 Å². The number of benzene rings is 2. The van der Waals surface area contributed by atoms with Gasteiger partial charge >= 0.3 is 0 Å². The Morgan fingerprint density at radius 2 is 1.58 bits per heavy atom. The Hall–Kier alpha value is -2.36.